The van der Waals surface area contributed by atoms with Crippen LogP contribution in [-0.2, 0) is 0 Å². The van der Waals surface area contributed by atoms with E-state index in [1.54, 1.807) is 0 Å². The highest BCUT2D eigenvalue weighted by atomic mass is 35.5. The van der Waals surface area contributed by atoms with E-state index in [0.29, 0.717) is 11.1 Å². The fourth-order valence-electron chi connectivity index (χ4n) is 2.16. The lowest BCUT2D eigenvalue weighted by Gasteiger charge is -2.21. The molecule has 1 aromatic rings. The molecule has 0 amide bonds. The molecule has 2 aliphatic carbocycles. The number of anilines is 1. The molecule has 0 N–H and O–H groups in total. The topological polar surface area (TPSA) is 29.0 Å². The van der Waals surface area contributed by atoms with Crippen molar-refractivity contribution in [3.63, 3.8) is 0 Å². The van der Waals surface area contributed by atoms with Gasteiger partial charge in [-0.2, -0.15) is 0 Å². The molecule has 3 rings (SSSR count). The van der Waals surface area contributed by atoms with Crippen molar-refractivity contribution in [3.8, 4) is 0 Å². The van der Waals surface area contributed by atoms with Gasteiger partial charge in [0.05, 0.1) is 0 Å². The fourth-order valence-corrected chi connectivity index (χ4v) is 2.34. The molecule has 1 aromatic heterocycles. The highest BCUT2D eigenvalue weighted by molar-refractivity contribution is 6.30. The molecular formula is C13H18ClN3. The molecule has 0 saturated heterocycles. The van der Waals surface area contributed by atoms with E-state index in [4.69, 9.17) is 16.6 Å². The summed E-state index contributed by atoms with van der Waals surface area (Å²) in [7, 11) is 2.11. The van der Waals surface area contributed by atoms with E-state index in [9.17, 15) is 0 Å². The first-order valence-electron chi connectivity index (χ1n) is 6.40. The van der Waals surface area contributed by atoms with Gasteiger partial charge in [0.25, 0.3) is 0 Å². The Labute approximate surface area is 107 Å². The van der Waals surface area contributed by atoms with Gasteiger partial charge in [0, 0.05) is 25.1 Å². The molecule has 2 aliphatic rings. The quantitative estimate of drug-likeness (QED) is 0.770. The molecule has 3 nitrogen and oxygen atoms in total. The van der Waals surface area contributed by atoms with E-state index in [-0.39, 0.29) is 0 Å². The average molecular weight is 252 g/mol. The van der Waals surface area contributed by atoms with Crippen LogP contribution in [0.4, 0.5) is 5.82 Å². The maximum absolute atomic E-state index is 6.21. The third-order valence-corrected chi connectivity index (χ3v) is 3.98. The van der Waals surface area contributed by atoms with Crippen LogP contribution in [0.3, 0.4) is 0 Å². The minimum atomic E-state index is 0.557. The summed E-state index contributed by atoms with van der Waals surface area (Å²) in [5, 5.41) is 0.625. The number of hydrogen-bond donors (Lipinski definition) is 0. The van der Waals surface area contributed by atoms with Gasteiger partial charge in [-0.05, 0) is 38.5 Å². The van der Waals surface area contributed by atoms with Crippen LogP contribution in [0, 0.1) is 12.8 Å². The Balaban J connectivity index is 1.89. The van der Waals surface area contributed by atoms with Crippen molar-refractivity contribution in [2.45, 2.75) is 38.5 Å². The van der Waals surface area contributed by atoms with Gasteiger partial charge in [-0.1, -0.05) is 11.6 Å². The van der Waals surface area contributed by atoms with Crippen LogP contribution in [0.15, 0.2) is 0 Å². The third-order valence-electron chi connectivity index (χ3n) is 3.61. The third kappa shape index (κ3) is 2.39. The van der Waals surface area contributed by atoms with Crippen molar-refractivity contribution in [1.29, 1.82) is 0 Å². The summed E-state index contributed by atoms with van der Waals surface area (Å²) in [4.78, 5) is 11.3. The predicted octanol–water partition coefficient (Wildman–Crippen LogP) is 3.16. The molecule has 0 spiro atoms. The molecule has 17 heavy (non-hydrogen) atoms. The minimum Gasteiger partial charge on any atom is -0.359 e. The molecule has 0 bridgehead atoms. The van der Waals surface area contributed by atoms with Gasteiger partial charge < -0.3 is 4.90 Å². The number of hydrogen-bond acceptors (Lipinski definition) is 3. The SMILES string of the molecule is Cc1c(Cl)nc(C2CC2)nc1N(C)CC1CC1. The van der Waals surface area contributed by atoms with E-state index in [1.807, 2.05) is 6.92 Å². The Morgan fingerprint density at radius 3 is 2.53 bits per heavy atom. The molecule has 2 saturated carbocycles. The zero-order valence-electron chi connectivity index (χ0n) is 10.4. The van der Waals surface area contributed by atoms with Gasteiger partial charge in [-0.25, -0.2) is 9.97 Å². The zero-order valence-corrected chi connectivity index (χ0v) is 11.2. The molecule has 92 valence electrons. The Bertz CT molecular complexity index is 439. The van der Waals surface area contributed by atoms with Crippen molar-refractivity contribution in [1.82, 2.24) is 9.97 Å². The van der Waals surface area contributed by atoms with Crippen LogP contribution in [0.2, 0.25) is 5.15 Å². The summed E-state index contributed by atoms with van der Waals surface area (Å²) in [5.74, 6) is 3.38. The molecule has 2 fully saturated rings. The van der Waals surface area contributed by atoms with Gasteiger partial charge in [0.2, 0.25) is 0 Å². The van der Waals surface area contributed by atoms with Crippen LogP contribution in [-0.4, -0.2) is 23.6 Å². The summed E-state index contributed by atoms with van der Waals surface area (Å²) in [6.45, 7) is 3.11. The standard InChI is InChI=1S/C13H18ClN3/c1-8-11(14)15-12(10-5-6-10)16-13(8)17(2)7-9-3-4-9/h9-10H,3-7H2,1-2H3. The smallest absolute Gasteiger partial charge is 0.137 e. The molecule has 0 aromatic carbocycles. The number of aromatic nitrogens is 2. The molecule has 0 aliphatic heterocycles. The van der Waals surface area contributed by atoms with Gasteiger partial charge in [0.15, 0.2) is 0 Å². The Hall–Kier alpha value is -0.830. The highest BCUT2D eigenvalue weighted by Crippen LogP contribution is 2.40. The van der Waals surface area contributed by atoms with Gasteiger partial charge in [0.1, 0.15) is 16.8 Å². The van der Waals surface area contributed by atoms with Crippen LogP contribution in [0.1, 0.15) is 43.0 Å². The molecule has 4 heteroatoms. The fraction of sp³-hybridized carbons (Fsp3) is 0.692. The lowest BCUT2D eigenvalue weighted by atomic mass is 10.3. The lowest BCUT2D eigenvalue weighted by Crippen LogP contribution is -2.23. The van der Waals surface area contributed by atoms with Gasteiger partial charge in [-0.15, -0.1) is 0 Å². The predicted molar refractivity (Wildman–Crippen MR) is 69.7 cm³/mol. The van der Waals surface area contributed by atoms with E-state index < -0.39 is 0 Å². The number of halogens is 1. The molecule has 1 heterocycles. The summed E-state index contributed by atoms with van der Waals surface area (Å²) in [6, 6.07) is 0. The molecular weight excluding hydrogens is 234 g/mol. The largest absolute Gasteiger partial charge is 0.359 e. The molecule has 0 atom stereocenters. The Morgan fingerprint density at radius 2 is 1.94 bits per heavy atom. The second-order valence-corrected chi connectivity index (χ2v) is 5.78. The molecule has 0 radical (unpaired) electrons. The second kappa shape index (κ2) is 4.13. The van der Waals surface area contributed by atoms with Gasteiger partial charge >= 0.3 is 0 Å². The van der Waals surface area contributed by atoms with E-state index in [1.165, 1.54) is 25.7 Å². The summed E-state index contributed by atoms with van der Waals surface area (Å²) in [6.07, 6.45) is 5.14. The van der Waals surface area contributed by atoms with Crippen LogP contribution < -0.4 is 4.90 Å². The van der Waals surface area contributed by atoms with Crippen molar-refractivity contribution < 1.29 is 0 Å². The Morgan fingerprint density at radius 1 is 1.24 bits per heavy atom. The maximum atomic E-state index is 6.21. The summed E-state index contributed by atoms with van der Waals surface area (Å²) >= 11 is 6.21. The van der Waals surface area contributed by atoms with Crippen molar-refractivity contribution in [2.75, 3.05) is 18.5 Å². The van der Waals surface area contributed by atoms with E-state index >= 15 is 0 Å². The minimum absolute atomic E-state index is 0.557. The van der Waals surface area contributed by atoms with Crippen LogP contribution >= 0.6 is 11.6 Å². The number of nitrogens with zero attached hydrogens (tertiary/aromatic N) is 3. The van der Waals surface area contributed by atoms with E-state index in [0.717, 1.165) is 29.7 Å². The monoisotopic (exact) mass is 251 g/mol. The second-order valence-electron chi connectivity index (χ2n) is 5.42. The van der Waals surface area contributed by atoms with Crippen LogP contribution in [0.25, 0.3) is 0 Å². The number of rotatable bonds is 4. The van der Waals surface area contributed by atoms with Crippen LogP contribution in [0.5, 0.6) is 0 Å². The Kier molecular flexibility index (Phi) is 2.74. The first-order chi connectivity index (χ1) is 8.15. The van der Waals surface area contributed by atoms with Crippen molar-refractivity contribution in [3.05, 3.63) is 16.5 Å². The summed E-state index contributed by atoms with van der Waals surface area (Å²) in [5.41, 5.74) is 1.01. The highest BCUT2D eigenvalue weighted by Gasteiger charge is 2.29. The van der Waals surface area contributed by atoms with Crippen molar-refractivity contribution >= 4 is 17.4 Å². The normalized spacial score (nSPS) is 19.5. The first kappa shape index (κ1) is 11.3. The summed E-state index contributed by atoms with van der Waals surface area (Å²) < 4.78 is 0. The molecule has 0 unspecified atom stereocenters. The average Bonchev–Trinajstić information content (AvgIpc) is 3.13. The van der Waals surface area contributed by atoms with E-state index in [2.05, 4.69) is 16.9 Å². The first-order valence-corrected chi connectivity index (χ1v) is 6.78. The lowest BCUT2D eigenvalue weighted by molar-refractivity contribution is 0.764. The van der Waals surface area contributed by atoms with Crippen molar-refractivity contribution in [2.24, 2.45) is 5.92 Å². The zero-order chi connectivity index (χ0) is 12.0. The van der Waals surface area contributed by atoms with Gasteiger partial charge in [-0.3, -0.25) is 0 Å². The maximum Gasteiger partial charge on any atom is 0.137 e.